The van der Waals surface area contributed by atoms with Gasteiger partial charge in [0.05, 0.1) is 0 Å². The molecule has 0 radical (unpaired) electrons. The molecule has 0 aromatic heterocycles. The number of allylic oxidation sites excluding steroid dienone is 1. The van der Waals surface area contributed by atoms with Crippen LogP contribution in [0.25, 0.3) is 0 Å². The lowest BCUT2D eigenvalue weighted by molar-refractivity contribution is 0.155. The van der Waals surface area contributed by atoms with E-state index in [-0.39, 0.29) is 5.54 Å². The number of nitrogens with one attached hydrogen (secondary N) is 1. The van der Waals surface area contributed by atoms with Gasteiger partial charge in [0.25, 0.3) is 0 Å². The average Bonchev–Trinajstić information content (AvgIpc) is 2.19. The Labute approximate surface area is 94.7 Å². The average molecular weight is 210 g/mol. The zero-order chi connectivity index (χ0) is 11.5. The van der Waals surface area contributed by atoms with Crippen LogP contribution in [0, 0.1) is 0 Å². The van der Waals surface area contributed by atoms with E-state index in [1.165, 1.54) is 25.7 Å². The van der Waals surface area contributed by atoms with Crippen molar-refractivity contribution >= 4 is 0 Å². The zero-order valence-corrected chi connectivity index (χ0v) is 10.9. The quantitative estimate of drug-likeness (QED) is 0.717. The van der Waals surface area contributed by atoms with E-state index in [1.54, 1.807) is 5.57 Å². The second-order valence-corrected chi connectivity index (χ2v) is 5.29. The van der Waals surface area contributed by atoms with Crippen LogP contribution in [0.1, 0.15) is 39.5 Å². The number of hydrogen-bond acceptors (Lipinski definition) is 2. The van der Waals surface area contributed by atoms with E-state index in [1.807, 2.05) is 0 Å². The Kier molecular flexibility index (Phi) is 4.35. The summed E-state index contributed by atoms with van der Waals surface area (Å²) in [5, 5.41) is 3.48. The topological polar surface area (TPSA) is 15.3 Å². The van der Waals surface area contributed by atoms with Crippen molar-refractivity contribution in [1.29, 1.82) is 0 Å². The van der Waals surface area contributed by atoms with E-state index in [2.05, 4.69) is 51.3 Å². The predicted molar refractivity (Wildman–Crippen MR) is 67.2 cm³/mol. The second-order valence-electron chi connectivity index (χ2n) is 5.29. The first kappa shape index (κ1) is 12.7. The number of nitrogens with zero attached hydrogens (tertiary/aromatic N) is 1. The molecule has 0 aliphatic heterocycles. The third-order valence-electron chi connectivity index (χ3n) is 3.84. The Morgan fingerprint density at radius 3 is 2.40 bits per heavy atom. The van der Waals surface area contributed by atoms with Crippen LogP contribution in [0.4, 0.5) is 0 Å². The van der Waals surface area contributed by atoms with Gasteiger partial charge in [0.15, 0.2) is 0 Å². The molecule has 0 aromatic rings. The monoisotopic (exact) mass is 210 g/mol. The third-order valence-corrected chi connectivity index (χ3v) is 3.84. The van der Waals surface area contributed by atoms with Crippen molar-refractivity contribution in [2.75, 3.05) is 21.1 Å². The fourth-order valence-electron chi connectivity index (χ4n) is 2.38. The van der Waals surface area contributed by atoms with Gasteiger partial charge in [-0.25, -0.2) is 0 Å². The lowest BCUT2D eigenvalue weighted by Gasteiger charge is -2.42. The molecule has 1 atom stereocenters. The van der Waals surface area contributed by atoms with Crippen LogP contribution in [-0.4, -0.2) is 37.6 Å². The van der Waals surface area contributed by atoms with Gasteiger partial charge in [0, 0.05) is 11.6 Å². The van der Waals surface area contributed by atoms with E-state index in [9.17, 15) is 0 Å². The highest BCUT2D eigenvalue weighted by atomic mass is 15.2. The first-order chi connectivity index (χ1) is 7.00. The molecule has 0 saturated carbocycles. The highest BCUT2D eigenvalue weighted by Gasteiger charge is 2.33. The van der Waals surface area contributed by atoms with E-state index in [4.69, 9.17) is 0 Å². The normalized spacial score (nSPS) is 20.3. The molecule has 15 heavy (non-hydrogen) atoms. The molecule has 0 saturated heterocycles. The maximum Gasteiger partial charge on any atom is 0.0458 e. The van der Waals surface area contributed by atoms with Crippen LogP contribution in [0.3, 0.4) is 0 Å². The Bertz CT molecular complexity index is 229. The summed E-state index contributed by atoms with van der Waals surface area (Å²) in [7, 11) is 6.40. The summed E-state index contributed by atoms with van der Waals surface area (Å²) in [5.41, 5.74) is 1.78. The van der Waals surface area contributed by atoms with Crippen LogP contribution < -0.4 is 5.32 Å². The highest BCUT2D eigenvalue weighted by molar-refractivity contribution is 5.19. The van der Waals surface area contributed by atoms with E-state index in [0.29, 0.717) is 6.04 Å². The lowest BCUT2D eigenvalue weighted by Crippen LogP contribution is -2.55. The molecule has 88 valence electrons. The van der Waals surface area contributed by atoms with Gasteiger partial charge in [-0.2, -0.15) is 0 Å². The summed E-state index contributed by atoms with van der Waals surface area (Å²) in [6, 6.07) is 0.479. The minimum absolute atomic E-state index is 0.178. The fraction of sp³-hybridized carbons (Fsp3) is 0.846. The molecule has 1 N–H and O–H groups in total. The van der Waals surface area contributed by atoms with Gasteiger partial charge in [-0.15, -0.1) is 0 Å². The first-order valence-corrected chi connectivity index (χ1v) is 6.03. The number of likely N-dealkylation sites (N-methyl/N-ethyl adjacent to an activating group) is 2. The molecule has 1 unspecified atom stereocenters. The van der Waals surface area contributed by atoms with Gasteiger partial charge < -0.3 is 10.2 Å². The van der Waals surface area contributed by atoms with Crippen LogP contribution in [0.5, 0.6) is 0 Å². The van der Waals surface area contributed by atoms with Crippen LogP contribution in [0.15, 0.2) is 11.6 Å². The minimum atomic E-state index is 0.178. The minimum Gasteiger partial charge on any atom is -0.312 e. The van der Waals surface area contributed by atoms with Gasteiger partial charge >= 0.3 is 0 Å². The molecule has 0 bridgehead atoms. The molecule has 2 heteroatoms. The summed E-state index contributed by atoms with van der Waals surface area (Å²) < 4.78 is 0. The fourth-order valence-corrected chi connectivity index (χ4v) is 2.38. The number of rotatable bonds is 4. The van der Waals surface area contributed by atoms with Gasteiger partial charge in [0.1, 0.15) is 0 Å². The molecule has 0 heterocycles. The molecule has 0 aromatic carbocycles. The molecule has 2 nitrogen and oxygen atoms in total. The van der Waals surface area contributed by atoms with Crippen molar-refractivity contribution in [2.24, 2.45) is 0 Å². The van der Waals surface area contributed by atoms with Crippen molar-refractivity contribution in [2.45, 2.75) is 51.1 Å². The molecule has 0 spiro atoms. The Morgan fingerprint density at radius 1 is 1.33 bits per heavy atom. The maximum absolute atomic E-state index is 3.48. The standard InChI is InChI=1S/C13H26N2/c1-13(2,15(4)5)12(14-3)11-9-7-6-8-10-11/h9,12,14H,6-8,10H2,1-5H3. The molecule has 0 amide bonds. The van der Waals surface area contributed by atoms with E-state index < -0.39 is 0 Å². The molecular weight excluding hydrogens is 184 g/mol. The molecule has 0 fully saturated rings. The van der Waals surface area contributed by atoms with Gasteiger partial charge in [-0.3, -0.25) is 0 Å². The van der Waals surface area contributed by atoms with Crippen LogP contribution in [0.2, 0.25) is 0 Å². The van der Waals surface area contributed by atoms with Crippen LogP contribution >= 0.6 is 0 Å². The molecular formula is C13H26N2. The van der Waals surface area contributed by atoms with Crippen molar-refractivity contribution in [3.05, 3.63) is 11.6 Å². The van der Waals surface area contributed by atoms with Crippen molar-refractivity contribution in [3.63, 3.8) is 0 Å². The summed E-state index contributed by atoms with van der Waals surface area (Å²) in [6.45, 7) is 4.62. The van der Waals surface area contributed by atoms with Gasteiger partial charge in [-0.05, 0) is 60.7 Å². The van der Waals surface area contributed by atoms with Crippen molar-refractivity contribution in [3.8, 4) is 0 Å². The third kappa shape index (κ3) is 2.82. The second kappa shape index (κ2) is 5.13. The zero-order valence-electron chi connectivity index (χ0n) is 10.9. The van der Waals surface area contributed by atoms with Crippen LogP contribution in [-0.2, 0) is 0 Å². The van der Waals surface area contributed by atoms with E-state index in [0.717, 1.165) is 0 Å². The van der Waals surface area contributed by atoms with E-state index >= 15 is 0 Å². The first-order valence-electron chi connectivity index (χ1n) is 6.03. The van der Waals surface area contributed by atoms with Gasteiger partial charge in [-0.1, -0.05) is 11.6 Å². The molecule has 1 aliphatic carbocycles. The Hall–Kier alpha value is -0.340. The Morgan fingerprint density at radius 2 is 2.00 bits per heavy atom. The Balaban J connectivity index is 2.82. The molecule has 1 aliphatic rings. The van der Waals surface area contributed by atoms with Crippen molar-refractivity contribution in [1.82, 2.24) is 10.2 Å². The highest BCUT2D eigenvalue weighted by Crippen LogP contribution is 2.28. The maximum atomic E-state index is 3.48. The lowest BCUT2D eigenvalue weighted by atomic mass is 9.82. The predicted octanol–water partition coefficient (Wildman–Crippen LogP) is 2.42. The van der Waals surface area contributed by atoms with Crippen molar-refractivity contribution < 1.29 is 0 Å². The largest absolute Gasteiger partial charge is 0.312 e. The molecule has 1 rings (SSSR count). The summed E-state index contributed by atoms with van der Waals surface area (Å²) >= 11 is 0. The summed E-state index contributed by atoms with van der Waals surface area (Å²) in [6.07, 6.45) is 7.69. The SMILES string of the molecule is CNC(C1=CCCCC1)C(C)(C)N(C)C. The summed E-state index contributed by atoms with van der Waals surface area (Å²) in [4.78, 5) is 2.31. The summed E-state index contributed by atoms with van der Waals surface area (Å²) in [5.74, 6) is 0. The number of hydrogen-bond donors (Lipinski definition) is 1. The van der Waals surface area contributed by atoms with Gasteiger partial charge in [0.2, 0.25) is 0 Å². The smallest absolute Gasteiger partial charge is 0.0458 e.